The molecule has 0 unspecified atom stereocenters. The lowest BCUT2D eigenvalue weighted by Gasteiger charge is -2.10. The normalized spacial score (nSPS) is 39.9. The topological polar surface area (TPSA) is 49.3 Å². The second kappa shape index (κ2) is 2.54. The molecule has 10 heavy (non-hydrogen) atoms. The SMILES string of the molecule is C[C@@H]1[C@H](CO)NC(=O)[C@@H]1F. The number of halogens is 1. The zero-order valence-electron chi connectivity index (χ0n) is 5.67. The van der Waals surface area contributed by atoms with Crippen LogP contribution in [-0.2, 0) is 4.79 Å². The quantitative estimate of drug-likeness (QED) is 0.523. The fourth-order valence-corrected chi connectivity index (χ4v) is 1.05. The Kier molecular flexibility index (Phi) is 1.89. The average molecular weight is 147 g/mol. The van der Waals surface area contributed by atoms with Crippen LogP contribution in [0.2, 0.25) is 0 Å². The van der Waals surface area contributed by atoms with Gasteiger partial charge in [-0.1, -0.05) is 6.92 Å². The van der Waals surface area contributed by atoms with Gasteiger partial charge in [0.25, 0.3) is 5.91 Å². The highest BCUT2D eigenvalue weighted by molar-refractivity contribution is 5.83. The van der Waals surface area contributed by atoms with Crippen LogP contribution in [0, 0.1) is 5.92 Å². The molecule has 1 rings (SSSR count). The summed E-state index contributed by atoms with van der Waals surface area (Å²) >= 11 is 0. The Morgan fingerprint density at radius 1 is 1.80 bits per heavy atom. The van der Waals surface area contributed by atoms with Crippen molar-refractivity contribution in [3.05, 3.63) is 0 Å². The van der Waals surface area contributed by atoms with Crippen molar-refractivity contribution in [2.75, 3.05) is 6.61 Å². The van der Waals surface area contributed by atoms with Crippen LogP contribution in [0.1, 0.15) is 6.92 Å². The summed E-state index contributed by atoms with van der Waals surface area (Å²) in [4.78, 5) is 10.6. The number of carbonyl (C=O) groups is 1. The monoisotopic (exact) mass is 147 g/mol. The van der Waals surface area contributed by atoms with Gasteiger partial charge < -0.3 is 10.4 Å². The van der Waals surface area contributed by atoms with Gasteiger partial charge in [0.15, 0.2) is 6.17 Å². The molecule has 0 aromatic heterocycles. The van der Waals surface area contributed by atoms with Crippen molar-refractivity contribution < 1.29 is 14.3 Å². The molecule has 1 heterocycles. The molecule has 3 nitrogen and oxygen atoms in total. The van der Waals surface area contributed by atoms with E-state index in [4.69, 9.17) is 5.11 Å². The first-order chi connectivity index (χ1) is 4.66. The van der Waals surface area contributed by atoms with Crippen LogP contribution in [0.4, 0.5) is 4.39 Å². The minimum Gasteiger partial charge on any atom is -0.394 e. The van der Waals surface area contributed by atoms with E-state index in [0.29, 0.717) is 0 Å². The summed E-state index contributed by atoms with van der Waals surface area (Å²) in [6.45, 7) is 1.41. The highest BCUT2D eigenvalue weighted by Crippen LogP contribution is 2.18. The Hall–Kier alpha value is -0.640. The molecule has 0 spiro atoms. The molecule has 58 valence electrons. The Morgan fingerprint density at radius 3 is 2.60 bits per heavy atom. The molecule has 0 radical (unpaired) electrons. The molecule has 0 aromatic rings. The number of amides is 1. The fourth-order valence-electron chi connectivity index (χ4n) is 1.05. The van der Waals surface area contributed by atoms with Gasteiger partial charge in [-0.15, -0.1) is 0 Å². The van der Waals surface area contributed by atoms with Crippen molar-refractivity contribution in [2.24, 2.45) is 5.92 Å². The number of aliphatic hydroxyl groups is 1. The smallest absolute Gasteiger partial charge is 0.255 e. The van der Waals surface area contributed by atoms with Crippen molar-refractivity contribution in [3.63, 3.8) is 0 Å². The largest absolute Gasteiger partial charge is 0.394 e. The maximum Gasteiger partial charge on any atom is 0.255 e. The summed E-state index contributed by atoms with van der Waals surface area (Å²) in [5, 5.41) is 10.9. The third-order valence-electron chi connectivity index (χ3n) is 1.87. The van der Waals surface area contributed by atoms with E-state index in [2.05, 4.69) is 5.32 Å². The zero-order chi connectivity index (χ0) is 7.72. The molecule has 4 heteroatoms. The number of aliphatic hydroxyl groups excluding tert-OH is 1. The molecule has 1 aliphatic rings. The van der Waals surface area contributed by atoms with Crippen molar-refractivity contribution in [3.8, 4) is 0 Å². The first-order valence-corrected chi connectivity index (χ1v) is 3.22. The van der Waals surface area contributed by atoms with Crippen LogP contribution < -0.4 is 5.32 Å². The van der Waals surface area contributed by atoms with E-state index in [1.165, 1.54) is 0 Å². The van der Waals surface area contributed by atoms with Crippen LogP contribution in [0.3, 0.4) is 0 Å². The van der Waals surface area contributed by atoms with Gasteiger partial charge in [0.2, 0.25) is 0 Å². The summed E-state index contributed by atoms with van der Waals surface area (Å²) in [7, 11) is 0. The molecular weight excluding hydrogens is 137 g/mol. The summed E-state index contributed by atoms with van der Waals surface area (Å²) in [5.41, 5.74) is 0. The minimum atomic E-state index is -1.45. The van der Waals surface area contributed by atoms with Gasteiger partial charge in [-0.05, 0) is 0 Å². The van der Waals surface area contributed by atoms with Crippen molar-refractivity contribution in [1.29, 1.82) is 0 Å². The number of nitrogens with one attached hydrogen (secondary N) is 1. The molecule has 1 fully saturated rings. The van der Waals surface area contributed by atoms with Gasteiger partial charge in [-0.25, -0.2) is 4.39 Å². The number of carbonyl (C=O) groups excluding carboxylic acids is 1. The fraction of sp³-hybridized carbons (Fsp3) is 0.833. The second-order valence-electron chi connectivity index (χ2n) is 2.56. The Balaban J connectivity index is 2.61. The van der Waals surface area contributed by atoms with E-state index in [-0.39, 0.29) is 6.61 Å². The van der Waals surface area contributed by atoms with E-state index in [1.807, 2.05) is 0 Å². The number of hydrogen-bond acceptors (Lipinski definition) is 2. The summed E-state index contributed by atoms with van der Waals surface area (Å²) in [6, 6.07) is -0.400. The second-order valence-corrected chi connectivity index (χ2v) is 2.56. The summed E-state index contributed by atoms with van der Waals surface area (Å²) in [5.74, 6) is -1.01. The first-order valence-electron chi connectivity index (χ1n) is 3.22. The van der Waals surface area contributed by atoms with Crippen molar-refractivity contribution in [2.45, 2.75) is 19.1 Å². The summed E-state index contributed by atoms with van der Waals surface area (Å²) in [6.07, 6.45) is -1.45. The van der Waals surface area contributed by atoms with Gasteiger partial charge in [-0.2, -0.15) is 0 Å². The molecule has 1 amide bonds. The predicted molar refractivity (Wildman–Crippen MR) is 33.1 cm³/mol. The van der Waals surface area contributed by atoms with E-state index in [0.717, 1.165) is 0 Å². The molecule has 0 saturated carbocycles. The molecule has 0 aliphatic carbocycles. The molecule has 2 N–H and O–H groups in total. The molecule has 1 aliphatic heterocycles. The molecule has 0 aromatic carbocycles. The summed E-state index contributed by atoms with van der Waals surface area (Å²) < 4.78 is 12.6. The van der Waals surface area contributed by atoms with Gasteiger partial charge in [0.1, 0.15) is 0 Å². The molecule has 0 bridgehead atoms. The van der Waals surface area contributed by atoms with Crippen LogP contribution in [0.5, 0.6) is 0 Å². The van der Waals surface area contributed by atoms with Gasteiger partial charge >= 0.3 is 0 Å². The Bertz CT molecular complexity index is 151. The highest BCUT2D eigenvalue weighted by atomic mass is 19.1. The Morgan fingerprint density at radius 2 is 2.40 bits per heavy atom. The number of rotatable bonds is 1. The van der Waals surface area contributed by atoms with Gasteiger partial charge in [0.05, 0.1) is 12.6 Å². The van der Waals surface area contributed by atoms with Crippen LogP contribution in [0.15, 0.2) is 0 Å². The van der Waals surface area contributed by atoms with Crippen LogP contribution in [-0.4, -0.2) is 29.8 Å². The van der Waals surface area contributed by atoms with E-state index >= 15 is 0 Å². The van der Waals surface area contributed by atoms with Gasteiger partial charge in [0, 0.05) is 5.92 Å². The third kappa shape index (κ3) is 0.988. The lowest BCUT2D eigenvalue weighted by molar-refractivity contribution is -0.123. The molecule has 1 saturated heterocycles. The maximum atomic E-state index is 12.6. The van der Waals surface area contributed by atoms with E-state index < -0.39 is 24.0 Å². The third-order valence-corrected chi connectivity index (χ3v) is 1.87. The predicted octanol–water partition coefficient (Wildman–Crippen LogP) is -0.549. The number of alkyl halides is 1. The van der Waals surface area contributed by atoms with Crippen molar-refractivity contribution >= 4 is 5.91 Å². The lowest BCUT2D eigenvalue weighted by Crippen LogP contribution is -2.31. The first kappa shape index (κ1) is 7.47. The van der Waals surface area contributed by atoms with E-state index in [1.54, 1.807) is 6.92 Å². The molecular formula is C6H10FNO2. The molecule has 3 atom stereocenters. The highest BCUT2D eigenvalue weighted by Gasteiger charge is 2.38. The van der Waals surface area contributed by atoms with Crippen molar-refractivity contribution in [1.82, 2.24) is 5.32 Å². The average Bonchev–Trinajstić information content (AvgIpc) is 2.17. The van der Waals surface area contributed by atoms with Gasteiger partial charge in [-0.3, -0.25) is 4.79 Å². The number of hydrogen-bond donors (Lipinski definition) is 2. The maximum absolute atomic E-state index is 12.6. The van der Waals surface area contributed by atoms with Crippen LogP contribution in [0.25, 0.3) is 0 Å². The van der Waals surface area contributed by atoms with E-state index in [9.17, 15) is 9.18 Å². The standard InChI is InChI=1S/C6H10FNO2/c1-3-4(2-9)8-6(10)5(3)7/h3-5,9H,2H2,1H3,(H,8,10)/t3-,4+,5-/m1/s1. The van der Waals surface area contributed by atoms with Crippen LogP contribution >= 0.6 is 0 Å². The lowest BCUT2D eigenvalue weighted by atomic mass is 10.0. The minimum absolute atomic E-state index is 0.187. The Labute approximate surface area is 58.2 Å². The zero-order valence-corrected chi connectivity index (χ0v) is 5.67.